The van der Waals surface area contributed by atoms with E-state index in [9.17, 15) is 4.79 Å². The second-order valence-corrected chi connectivity index (χ2v) is 4.42. The second kappa shape index (κ2) is 7.35. The van der Waals surface area contributed by atoms with Crippen LogP contribution in [0, 0.1) is 0 Å². The number of methoxy groups -OCH3 is 4. The Labute approximate surface area is 133 Å². The van der Waals surface area contributed by atoms with Gasteiger partial charge in [-0.1, -0.05) is 0 Å². The van der Waals surface area contributed by atoms with Crippen molar-refractivity contribution >= 4 is 12.2 Å². The lowest BCUT2D eigenvalue weighted by molar-refractivity contribution is 0.324. The summed E-state index contributed by atoms with van der Waals surface area (Å²) < 4.78 is 20.8. The Bertz CT molecular complexity index is 768. The zero-order chi connectivity index (χ0) is 16.8. The van der Waals surface area contributed by atoms with Crippen LogP contribution in [-0.2, 0) is 0 Å². The van der Waals surface area contributed by atoms with E-state index in [1.807, 2.05) is 6.07 Å². The van der Waals surface area contributed by atoms with Gasteiger partial charge in [0.25, 0.3) is 5.56 Å². The van der Waals surface area contributed by atoms with Crippen LogP contribution in [0.5, 0.6) is 23.0 Å². The van der Waals surface area contributed by atoms with Gasteiger partial charge in [0.05, 0.1) is 34.6 Å². The maximum Gasteiger partial charge on any atom is 0.293 e. The number of rotatable bonds is 6. The first-order valence-electron chi connectivity index (χ1n) is 6.75. The lowest BCUT2D eigenvalue weighted by Crippen LogP contribution is -2.11. The fraction of sp³-hybridized carbons (Fsp3) is 0.250. The monoisotopic (exact) mass is 318 g/mol. The van der Waals surface area contributed by atoms with Gasteiger partial charge in [-0.3, -0.25) is 4.79 Å². The molecule has 1 aromatic heterocycles. The largest absolute Gasteiger partial charge is 0.493 e. The number of benzene rings is 1. The molecule has 0 fully saturated rings. The van der Waals surface area contributed by atoms with Crippen LogP contribution in [0.25, 0.3) is 12.2 Å². The number of H-pyrrole nitrogens is 1. The minimum atomic E-state index is -0.346. The van der Waals surface area contributed by atoms with Gasteiger partial charge in [-0.15, -0.1) is 0 Å². The molecule has 0 radical (unpaired) electrons. The number of ether oxygens (including phenoxy) is 4. The molecule has 0 aliphatic heterocycles. The maximum atomic E-state index is 11.7. The topological polar surface area (TPSA) is 82.7 Å². The van der Waals surface area contributed by atoms with Crippen LogP contribution < -0.4 is 24.5 Å². The van der Waals surface area contributed by atoms with E-state index in [0.717, 1.165) is 5.56 Å². The molecule has 2 aromatic rings. The molecule has 0 atom stereocenters. The Morgan fingerprint density at radius 3 is 2.17 bits per heavy atom. The number of hydrogen-bond acceptors (Lipinski definition) is 6. The Balaban J connectivity index is 2.39. The predicted molar refractivity (Wildman–Crippen MR) is 86.4 cm³/mol. The molecule has 0 spiro atoms. The highest BCUT2D eigenvalue weighted by Gasteiger charge is 2.14. The average Bonchev–Trinajstić information content (AvgIpc) is 2.58. The highest BCUT2D eigenvalue weighted by atomic mass is 16.5. The average molecular weight is 318 g/mol. The smallest absolute Gasteiger partial charge is 0.293 e. The van der Waals surface area contributed by atoms with Crippen molar-refractivity contribution in [3.05, 3.63) is 40.1 Å². The zero-order valence-corrected chi connectivity index (χ0v) is 13.4. The van der Waals surface area contributed by atoms with Crippen molar-refractivity contribution in [2.75, 3.05) is 28.4 Å². The van der Waals surface area contributed by atoms with Crippen LogP contribution >= 0.6 is 0 Å². The van der Waals surface area contributed by atoms with Crippen molar-refractivity contribution in [2.45, 2.75) is 0 Å². The van der Waals surface area contributed by atoms with E-state index < -0.39 is 0 Å². The van der Waals surface area contributed by atoms with Crippen molar-refractivity contribution in [1.29, 1.82) is 0 Å². The van der Waals surface area contributed by atoms with Gasteiger partial charge in [-0.25, -0.2) is 4.98 Å². The first-order chi connectivity index (χ1) is 11.1. The van der Waals surface area contributed by atoms with Gasteiger partial charge in [-0.2, -0.15) is 0 Å². The van der Waals surface area contributed by atoms with Gasteiger partial charge in [0.2, 0.25) is 11.5 Å². The van der Waals surface area contributed by atoms with Crippen molar-refractivity contribution in [2.24, 2.45) is 0 Å². The normalized spacial score (nSPS) is 10.6. The SMILES string of the molecule is COc1ccc(C=Cc2ncc(OC)c(=O)[nH]2)c(OC)c1OC. The molecular formula is C16H18N2O5. The Hall–Kier alpha value is -2.96. The number of hydrogen-bond donors (Lipinski definition) is 1. The summed E-state index contributed by atoms with van der Waals surface area (Å²) in [6.45, 7) is 0. The third-order valence-electron chi connectivity index (χ3n) is 3.16. The molecule has 122 valence electrons. The molecule has 1 heterocycles. The minimum absolute atomic E-state index is 0.158. The van der Waals surface area contributed by atoms with Crippen molar-refractivity contribution in [1.82, 2.24) is 9.97 Å². The van der Waals surface area contributed by atoms with E-state index in [2.05, 4.69) is 9.97 Å². The van der Waals surface area contributed by atoms with Crippen molar-refractivity contribution in [3.8, 4) is 23.0 Å². The summed E-state index contributed by atoms with van der Waals surface area (Å²) in [7, 11) is 6.05. The van der Waals surface area contributed by atoms with Gasteiger partial charge in [0.15, 0.2) is 11.5 Å². The number of aromatic nitrogens is 2. The molecule has 2 rings (SSSR count). The van der Waals surface area contributed by atoms with Gasteiger partial charge in [0, 0.05) is 5.56 Å². The van der Waals surface area contributed by atoms with Crippen molar-refractivity contribution in [3.63, 3.8) is 0 Å². The van der Waals surface area contributed by atoms with Gasteiger partial charge >= 0.3 is 0 Å². The first-order valence-corrected chi connectivity index (χ1v) is 6.75. The Morgan fingerprint density at radius 1 is 0.913 bits per heavy atom. The van der Waals surface area contributed by atoms with Crippen LogP contribution in [-0.4, -0.2) is 38.4 Å². The Morgan fingerprint density at radius 2 is 1.61 bits per heavy atom. The zero-order valence-electron chi connectivity index (χ0n) is 13.4. The summed E-state index contributed by atoms with van der Waals surface area (Å²) in [5, 5.41) is 0. The molecule has 0 saturated carbocycles. The van der Waals surface area contributed by atoms with Crippen LogP contribution in [0.2, 0.25) is 0 Å². The fourth-order valence-corrected chi connectivity index (χ4v) is 2.05. The molecule has 23 heavy (non-hydrogen) atoms. The van der Waals surface area contributed by atoms with Crippen LogP contribution in [0.4, 0.5) is 0 Å². The van der Waals surface area contributed by atoms with E-state index in [-0.39, 0.29) is 11.3 Å². The summed E-state index contributed by atoms with van der Waals surface area (Å²) in [5.74, 6) is 2.14. The summed E-state index contributed by atoms with van der Waals surface area (Å²) in [6.07, 6.45) is 4.78. The van der Waals surface area contributed by atoms with Gasteiger partial charge < -0.3 is 23.9 Å². The molecule has 0 amide bonds. The Kier molecular flexibility index (Phi) is 5.24. The van der Waals surface area contributed by atoms with Gasteiger partial charge in [-0.05, 0) is 24.3 Å². The second-order valence-electron chi connectivity index (χ2n) is 4.42. The quantitative estimate of drug-likeness (QED) is 0.877. The molecule has 7 nitrogen and oxygen atoms in total. The van der Waals surface area contributed by atoms with E-state index in [0.29, 0.717) is 23.1 Å². The lowest BCUT2D eigenvalue weighted by atomic mass is 10.1. The third kappa shape index (κ3) is 3.45. The standard InChI is InChI=1S/C16H18N2O5/c1-20-11-7-5-10(14(22-3)15(11)23-4)6-8-13-17-9-12(21-2)16(19)18-13/h5-9H,1-4H3,(H,17,18,19). The van der Waals surface area contributed by atoms with Crippen LogP contribution in [0.3, 0.4) is 0 Å². The lowest BCUT2D eigenvalue weighted by Gasteiger charge is -2.13. The van der Waals surface area contributed by atoms with Crippen LogP contribution in [0.1, 0.15) is 11.4 Å². The highest BCUT2D eigenvalue weighted by molar-refractivity contribution is 5.74. The summed E-state index contributed by atoms with van der Waals surface area (Å²) >= 11 is 0. The minimum Gasteiger partial charge on any atom is -0.493 e. The third-order valence-corrected chi connectivity index (χ3v) is 3.16. The maximum absolute atomic E-state index is 11.7. The summed E-state index contributed by atoms with van der Waals surface area (Å²) in [6, 6.07) is 3.59. The molecule has 0 aliphatic carbocycles. The number of nitrogens with one attached hydrogen (secondary N) is 1. The molecule has 0 saturated heterocycles. The van der Waals surface area contributed by atoms with Crippen LogP contribution in [0.15, 0.2) is 23.1 Å². The van der Waals surface area contributed by atoms with E-state index in [1.165, 1.54) is 20.4 Å². The molecule has 1 N–H and O–H groups in total. The highest BCUT2D eigenvalue weighted by Crippen LogP contribution is 2.40. The summed E-state index contributed by atoms with van der Waals surface area (Å²) in [5.41, 5.74) is 0.407. The van der Waals surface area contributed by atoms with E-state index in [1.54, 1.807) is 32.4 Å². The predicted octanol–water partition coefficient (Wildman–Crippen LogP) is 1.97. The molecule has 0 bridgehead atoms. The van der Waals surface area contributed by atoms with Gasteiger partial charge in [0.1, 0.15) is 5.82 Å². The first kappa shape index (κ1) is 16.4. The fourth-order valence-electron chi connectivity index (χ4n) is 2.05. The van der Waals surface area contributed by atoms with E-state index in [4.69, 9.17) is 18.9 Å². The summed E-state index contributed by atoms with van der Waals surface area (Å²) in [4.78, 5) is 18.4. The number of nitrogens with zero attached hydrogens (tertiary/aromatic N) is 1. The molecule has 7 heteroatoms. The molecule has 0 unspecified atom stereocenters. The van der Waals surface area contributed by atoms with Crippen molar-refractivity contribution < 1.29 is 18.9 Å². The molecular weight excluding hydrogens is 300 g/mol. The number of aromatic amines is 1. The van der Waals surface area contributed by atoms with E-state index >= 15 is 0 Å². The molecule has 1 aromatic carbocycles. The molecule has 0 aliphatic rings.